The molecule has 5 rings (SSSR count). The van der Waals surface area contributed by atoms with Crippen molar-refractivity contribution >= 4 is 28.4 Å². The number of piperazine rings is 1. The molecule has 10 heteroatoms. The molecule has 3 aromatic rings. The number of hydrogen-bond donors (Lipinski definition) is 2. The minimum absolute atomic E-state index is 0.0407. The number of nitrogens with zero attached hydrogens (tertiary/aromatic N) is 5. The predicted molar refractivity (Wildman–Crippen MR) is 160 cm³/mol. The number of carbonyl (C=O) groups excluding carboxylic acids is 2. The Labute approximate surface area is 245 Å². The third-order valence-electron chi connectivity index (χ3n) is 7.39. The first-order chi connectivity index (χ1) is 19.3. The highest BCUT2D eigenvalue weighted by Crippen LogP contribution is 2.37. The predicted octanol–water partition coefficient (Wildman–Crippen LogP) is 3.78. The number of aryl methyl sites for hydroxylation is 4. The molecule has 1 atom stereocenters. The lowest BCUT2D eigenvalue weighted by atomic mass is 9.94. The van der Waals surface area contributed by atoms with Gasteiger partial charge in [-0.05, 0) is 72.3 Å². The van der Waals surface area contributed by atoms with E-state index >= 15 is 0 Å². The molecule has 2 aromatic heterocycles. The smallest absolute Gasteiger partial charge is 0.317 e. The maximum atomic E-state index is 12.4. The third-order valence-corrected chi connectivity index (χ3v) is 7.82. The van der Waals surface area contributed by atoms with Crippen molar-refractivity contribution in [2.24, 2.45) is 7.05 Å². The molecule has 0 spiro atoms. The summed E-state index contributed by atoms with van der Waals surface area (Å²) in [5.74, 6) is 0. The Morgan fingerprint density at radius 2 is 1.88 bits per heavy atom. The van der Waals surface area contributed by atoms with E-state index in [0.717, 1.165) is 61.3 Å². The number of urea groups is 1. The fraction of sp³-hybridized carbons (Fsp3) is 0.467. The quantitative estimate of drug-likeness (QED) is 0.327. The molecular formula is C30H40BrN7O2. The maximum Gasteiger partial charge on any atom is 0.317 e. The van der Waals surface area contributed by atoms with Crippen molar-refractivity contribution in [2.45, 2.75) is 52.1 Å². The first-order valence-electron chi connectivity index (χ1n) is 13.9. The largest absolute Gasteiger partial charge is 0.358 e. The average Bonchev–Trinajstić information content (AvgIpc) is 3.27. The number of carbonyl (C=O) groups is 2. The van der Waals surface area contributed by atoms with E-state index in [-0.39, 0.29) is 18.1 Å². The van der Waals surface area contributed by atoms with Gasteiger partial charge in [0, 0.05) is 74.8 Å². The van der Waals surface area contributed by atoms with Crippen molar-refractivity contribution in [3.63, 3.8) is 0 Å². The van der Waals surface area contributed by atoms with E-state index in [9.17, 15) is 9.59 Å². The monoisotopic (exact) mass is 609 g/mol. The highest BCUT2D eigenvalue weighted by Gasteiger charge is 2.33. The van der Waals surface area contributed by atoms with Gasteiger partial charge in [0.1, 0.15) is 0 Å². The third kappa shape index (κ3) is 7.48. The summed E-state index contributed by atoms with van der Waals surface area (Å²) in [6, 6.07) is 9.39. The standard InChI is InChI=1S/C23H29BrN4O.C7H11N3O/c1-15(2)26-23(29)28-10-8-27(9-11-28)22-20-7-4-16(3)12-17(20)5-6-18-13-19(24)14-25-21(18)22;1-10-5-9-4-7(10)2-3-8-6-11/h4,7,12-15,22H,5-6,8-11H2,1-3H3,(H,26,29);4-6H,2-3H2,1H3,(H,8,11). The molecule has 1 aliphatic heterocycles. The molecule has 1 aromatic carbocycles. The van der Waals surface area contributed by atoms with Gasteiger partial charge in [0.25, 0.3) is 0 Å². The van der Waals surface area contributed by atoms with E-state index in [1.807, 2.05) is 36.6 Å². The highest BCUT2D eigenvalue weighted by atomic mass is 79.9. The van der Waals surface area contributed by atoms with Crippen LogP contribution in [0, 0.1) is 6.92 Å². The van der Waals surface area contributed by atoms with E-state index in [4.69, 9.17) is 4.98 Å². The van der Waals surface area contributed by atoms with Gasteiger partial charge in [-0.1, -0.05) is 23.8 Å². The van der Waals surface area contributed by atoms with Gasteiger partial charge >= 0.3 is 6.03 Å². The second-order valence-electron chi connectivity index (χ2n) is 10.7. The molecule has 3 heterocycles. The molecule has 1 unspecified atom stereocenters. The number of imidazole rings is 1. The van der Waals surface area contributed by atoms with Crippen molar-refractivity contribution in [3.05, 3.63) is 81.1 Å². The molecule has 2 aliphatic rings. The molecule has 2 N–H and O–H groups in total. The Morgan fingerprint density at radius 3 is 2.55 bits per heavy atom. The molecule has 0 bridgehead atoms. The fourth-order valence-electron chi connectivity index (χ4n) is 5.35. The van der Waals surface area contributed by atoms with Gasteiger partial charge in [0.2, 0.25) is 6.41 Å². The molecular weight excluding hydrogens is 570 g/mol. The second kappa shape index (κ2) is 13.9. The van der Waals surface area contributed by atoms with Gasteiger partial charge in [-0.2, -0.15) is 0 Å². The van der Waals surface area contributed by atoms with Crippen molar-refractivity contribution in [1.29, 1.82) is 0 Å². The lowest BCUT2D eigenvalue weighted by Gasteiger charge is -2.40. The van der Waals surface area contributed by atoms with Crippen LogP contribution in [0.4, 0.5) is 4.79 Å². The van der Waals surface area contributed by atoms with Crippen LogP contribution in [-0.4, -0.2) is 75.5 Å². The van der Waals surface area contributed by atoms with Crippen molar-refractivity contribution < 1.29 is 9.59 Å². The normalized spacial score (nSPS) is 16.8. The van der Waals surface area contributed by atoms with Gasteiger partial charge < -0.3 is 20.1 Å². The molecule has 1 saturated heterocycles. The first kappa shape index (κ1) is 29.7. The molecule has 40 heavy (non-hydrogen) atoms. The minimum Gasteiger partial charge on any atom is -0.358 e. The minimum atomic E-state index is 0.0407. The number of benzene rings is 1. The van der Waals surface area contributed by atoms with Crippen molar-refractivity contribution in [3.8, 4) is 0 Å². The van der Waals surface area contributed by atoms with Crippen LogP contribution in [0.2, 0.25) is 0 Å². The van der Waals surface area contributed by atoms with Gasteiger partial charge in [-0.3, -0.25) is 14.7 Å². The van der Waals surface area contributed by atoms with Crippen LogP contribution in [0.1, 0.15) is 53.5 Å². The fourth-order valence-corrected chi connectivity index (χ4v) is 5.73. The van der Waals surface area contributed by atoms with E-state index in [0.29, 0.717) is 13.0 Å². The molecule has 0 saturated carbocycles. The van der Waals surface area contributed by atoms with Crippen molar-refractivity contribution in [2.75, 3.05) is 32.7 Å². The molecule has 1 aliphatic carbocycles. The number of aromatic nitrogens is 3. The maximum absolute atomic E-state index is 12.4. The Kier molecular flexibility index (Phi) is 10.3. The van der Waals surface area contributed by atoms with Gasteiger partial charge in [-0.25, -0.2) is 9.78 Å². The molecule has 0 radical (unpaired) electrons. The zero-order valence-electron chi connectivity index (χ0n) is 23.9. The number of nitrogens with one attached hydrogen (secondary N) is 2. The summed E-state index contributed by atoms with van der Waals surface area (Å²) >= 11 is 3.59. The second-order valence-corrected chi connectivity index (χ2v) is 11.7. The molecule has 9 nitrogen and oxygen atoms in total. The highest BCUT2D eigenvalue weighted by molar-refractivity contribution is 9.10. The molecule has 1 fully saturated rings. The zero-order chi connectivity index (χ0) is 28.6. The van der Waals surface area contributed by atoms with Crippen LogP contribution >= 0.6 is 15.9 Å². The van der Waals surface area contributed by atoms with Crippen LogP contribution in [0.3, 0.4) is 0 Å². The summed E-state index contributed by atoms with van der Waals surface area (Å²) in [7, 11) is 1.93. The number of halogens is 1. The lowest BCUT2D eigenvalue weighted by molar-refractivity contribution is -0.109. The van der Waals surface area contributed by atoms with Crippen LogP contribution in [-0.2, 0) is 31.1 Å². The summed E-state index contributed by atoms with van der Waals surface area (Å²) in [6.07, 6.45) is 9.03. The van der Waals surface area contributed by atoms with E-state index in [1.54, 1.807) is 12.5 Å². The number of pyridine rings is 1. The summed E-state index contributed by atoms with van der Waals surface area (Å²) in [5.41, 5.74) is 7.69. The average molecular weight is 611 g/mol. The molecule has 214 valence electrons. The van der Waals surface area contributed by atoms with Crippen LogP contribution in [0.25, 0.3) is 0 Å². The summed E-state index contributed by atoms with van der Waals surface area (Å²) in [6.45, 7) is 10.0. The Hall–Kier alpha value is -3.24. The Balaban J connectivity index is 0.000000283. The number of fused-ring (bicyclic) bond motifs is 2. The van der Waals surface area contributed by atoms with E-state index in [1.165, 1.54) is 22.3 Å². The van der Waals surface area contributed by atoms with Gasteiger partial charge in [-0.15, -0.1) is 0 Å². The first-order valence-corrected chi connectivity index (χ1v) is 14.7. The Bertz CT molecular complexity index is 1250. The summed E-state index contributed by atoms with van der Waals surface area (Å²) < 4.78 is 2.97. The summed E-state index contributed by atoms with van der Waals surface area (Å²) in [4.78, 5) is 35.5. The summed E-state index contributed by atoms with van der Waals surface area (Å²) in [5, 5.41) is 5.60. The number of hydrogen-bond acceptors (Lipinski definition) is 5. The van der Waals surface area contributed by atoms with Gasteiger partial charge in [0.05, 0.1) is 18.1 Å². The topological polar surface area (TPSA) is 95.4 Å². The van der Waals surface area contributed by atoms with Gasteiger partial charge in [0.15, 0.2) is 0 Å². The number of amides is 3. The lowest BCUT2D eigenvalue weighted by Crippen LogP contribution is -2.53. The van der Waals surface area contributed by atoms with Crippen LogP contribution in [0.5, 0.6) is 0 Å². The Morgan fingerprint density at radius 1 is 1.12 bits per heavy atom. The molecule has 3 amide bonds. The number of rotatable bonds is 6. The SMILES string of the molecule is Cc1ccc2c(c1)CCc1cc(Br)cnc1C2N1CCN(C(=O)NC(C)C)CC1.Cn1cncc1CCNC=O. The van der Waals surface area contributed by atoms with Crippen molar-refractivity contribution in [1.82, 2.24) is 35.0 Å². The zero-order valence-corrected chi connectivity index (χ0v) is 25.4. The van der Waals surface area contributed by atoms with Crippen LogP contribution < -0.4 is 10.6 Å². The van der Waals surface area contributed by atoms with Crippen LogP contribution in [0.15, 0.2) is 47.5 Å². The van der Waals surface area contributed by atoms with E-state index < -0.39 is 0 Å². The van der Waals surface area contributed by atoms with E-state index in [2.05, 4.69) is 67.6 Å².